The molecule has 33 heavy (non-hydrogen) atoms. The Balaban J connectivity index is 0.0000000864. The lowest BCUT2D eigenvalue weighted by molar-refractivity contribution is -0.140. The van der Waals surface area contributed by atoms with Crippen LogP contribution < -0.4 is 0 Å². The fourth-order valence-corrected chi connectivity index (χ4v) is 10.1. The minimum atomic E-state index is 0.409. The summed E-state index contributed by atoms with van der Waals surface area (Å²) in [6, 6.07) is 0. The van der Waals surface area contributed by atoms with Crippen LogP contribution in [0, 0.1) is 71.0 Å². The molecule has 0 heterocycles. The normalized spacial score (nSPS) is 52.7. The van der Waals surface area contributed by atoms with Gasteiger partial charge in [0.2, 0.25) is 0 Å². The molecule has 0 radical (unpaired) electrons. The van der Waals surface area contributed by atoms with E-state index in [1.54, 1.807) is 11.1 Å². The highest BCUT2D eigenvalue weighted by atomic mass is 16.1. The van der Waals surface area contributed by atoms with Crippen LogP contribution >= 0.6 is 0 Å². The summed E-state index contributed by atoms with van der Waals surface area (Å²) in [7, 11) is 0. The van der Waals surface area contributed by atoms with Crippen LogP contribution in [0.5, 0.6) is 0 Å². The molecule has 0 amide bonds. The summed E-state index contributed by atoms with van der Waals surface area (Å²) in [5.41, 5.74) is 5.94. The van der Waals surface area contributed by atoms with Gasteiger partial charge in [-0.05, 0) is 105 Å². The van der Waals surface area contributed by atoms with Crippen LogP contribution in [0.2, 0.25) is 0 Å². The van der Waals surface area contributed by atoms with Crippen LogP contribution in [0.15, 0.2) is 48.6 Å². The zero-order valence-electron chi connectivity index (χ0n) is 19.9. The van der Waals surface area contributed by atoms with Gasteiger partial charge in [0.15, 0.2) is 0 Å². The monoisotopic (exact) mass is 442 g/mol. The molecular formula is C31H38O2. The Morgan fingerprint density at radius 2 is 0.788 bits per heavy atom. The Morgan fingerprint density at radius 1 is 0.424 bits per heavy atom. The summed E-state index contributed by atoms with van der Waals surface area (Å²) in [5.74, 6) is 8.90. The predicted octanol–water partition coefficient (Wildman–Crippen LogP) is 6.35. The van der Waals surface area contributed by atoms with Gasteiger partial charge in [-0.2, -0.15) is 0 Å². The van der Waals surface area contributed by atoms with E-state index < -0.39 is 0 Å². The minimum Gasteiger partial charge on any atom is -0.299 e. The van der Waals surface area contributed by atoms with Crippen molar-refractivity contribution in [1.82, 2.24) is 0 Å². The van der Waals surface area contributed by atoms with Gasteiger partial charge in [0.1, 0.15) is 11.6 Å². The van der Waals surface area contributed by atoms with E-state index in [2.05, 4.69) is 26.3 Å². The number of Topliss-reactive ketones (excluding diaryl/α,β-unsaturated/α-hetero) is 2. The van der Waals surface area contributed by atoms with Crippen molar-refractivity contribution in [2.45, 2.75) is 57.8 Å². The highest BCUT2D eigenvalue weighted by Crippen LogP contribution is 2.64. The molecule has 2 heteroatoms. The topological polar surface area (TPSA) is 34.1 Å². The Kier molecular flexibility index (Phi) is 4.33. The van der Waals surface area contributed by atoms with E-state index in [-0.39, 0.29) is 0 Å². The number of ketones is 2. The Hall–Kier alpha value is -1.70. The molecule has 174 valence electrons. The summed E-state index contributed by atoms with van der Waals surface area (Å²) in [6.07, 6.45) is 11.3. The molecule has 0 saturated heterocycles. The fourth-order valence-electron chi connectivity index (χ4n) is 10.1. The van der Waals surface area contributed by atoms with E-state index in [4.69, 9.17) is 0 Å². The lowest BCUT2D eigenvalue weighted by Crippen LogP contribution is -2.45. The molecular weight excluding hydrogens is 404 g/mol. The maximum absolute atomic E-state index is 11.4. The van der Waals surface area contributed by atoms with Gasteiger partial charge in [0, 0.05) is 23.7 Å². The van der Waals surface area contributed by atoms with Crippen molar-refractivity contribution in [2.24, 2.45) is 71.0 Å². The molecule has 12 atom stereocenters. The van der Waals surface area contributed by atoms with Gasteiger partial charge in [0.05, 0.1) is 0 Å². The summed E-state index contributed by atoms with van der Waals surface area (Å²) in [4.78, 5) is 22.8. The number of fused-ring (bicyclic) bond motifs is 3. The molecule has 6 bridgehead atoms. The first-order valence-electron chi connectivity index (χ1n) is 13.7. The quantitative estimate of drug-likeness (QED) is 0.410. The smallest absolute Gasteiger partial charge is 0.140 e. The molecule has 0 aromatic rings. The zero-order chi connectivity index (χ0) is 22.8. The third-order valence-electron chi connectivity index (χ3n) is 12.0. The van der Waals surface area contributed by atoms with Crippen LogP contribution in [0.4, 0.5) is 0 Å². The first-order chi connectivity index (χ1) is 15.9. The van der Waals surface area contributed by atoms with Crippen molar-refractivity contribution < 1.29 is 9.59 Å². The second kappa shape index (κ2) is 6.92. The van der Waals surface area contributed by atoms with Gasteiger partial charge >= 0.3 is 0 Å². The molecule has 9 saturated carbocycles. The SMILES string of the molecule is C=C1C2CCC3C(=O)C(C2)C13.C=C1[C@@H]2CC[C@H]3C(=C)[C@@H](C2)[C@@H]13.C=C1[C@H]2CCC3C(=O)[C@H](C2)[C@H]13. The lowest BCUT2D eigenvalue weighted by Gasteiger charge is -2.45. The van der Waals surface area contributed by atoms with Crippen molar-refractivity contribution in [2.75, 3.05) is 0 Å². The molecule has 0 N–H and O–H groups in total. The number of carbonyl (C=O) groups is 2. The summed E-state index contributed by atoms with van der Waals surface area (Å²) < 4.78 is 0. The molecule has 0 aliphatic heterocycles. The van der Waals surface area contributed by atoms with Crippen molar-refractivity contribution >= 4 is 11.6 Å². The molecule has 2 nitrogen and oxygen atoms in total. The molecule has 0 aromatic carbocycles. The van der Waals surface area contributed by atoms with Crippen LogP contribution in [-0.4, -0.2) is 11.6 Å². The second-order valence-corrected chi connectivity index (χ2v) is 12.9. The van der Waals surface area contributed by atoms with E-state index in [9.17, 15) is 9.59 Å². The molecule has 9 aliphatic rings. The maximum atomic E-state index is 11.4. The summed E-state index contributed by atoms with van der Waals surface area (Å²) in [5, 5.41) is 0. The van der Waals surface area contributed by atoms with Crippen LogP contribution in [0.1, 0.15) is 57.8 Å². The van der Waals surface area contributed by atoms with Gasteiger partial charge in [-0.1, -0.05) is 48.6 Å². The van der Waals surface area contributed by atoms with Crippen molar-refractivity contribution in [3.8, 4) is 0 Å². The van der Waals surface area contributed by atoms with E-state index in [1.165, 1.54) is 43.3 Å². The Labute approximate surface area is 198 Å². The highest BCUT2D eigenvalue weighted by molar-refractivity contribution is 5.93. The first-order valence-corrected chi connectivity index (χ1v) is 13.7. The molecule has 9 rings (SSSR count). The standard InChI is InChI=1S/C11H14.2C10H12O/c1-6-8-3-4-9-7(2)10(5-8)11(6)9;2*1-5-6-2-3-7-9(5)8(4-6)10(7)11/h8-11H,1-5H2;2*6-9H,1-4H2/t8-,9+,10-,11+;6-,7?,8+,9+;/m10./s1. The molecule has 9 aliphatic carbocycles. The van der Waals surface area contributed by atoms with Gasteiger partial charge in [-0.3, -0.25) is 9.59 Å². The molecule has 9 fully saturated rings. The van der Waals surface area contributed by atoms with Crippen LogP contribution in [-0.2, 0) is 9.59 Å². The van der Waals surface area contributed by atoms with E-state index in [1.807, 2.05) is 0 Å². The Bertz CT molecular complexity index is 862. The maximum Gasteiger partial charge on any atom is 0.140 e. The highest BCUT2D eigenvalue weighted by Gasteiger charge is 2.60. The largest absolute Gasteiger partial charge is 0.299 e. The van der Waals surface area contributed by atoms with Gasteiger partial charge < -0.3 is 0 Å². The molecule has 0 spiro atoms. The predicted molar refractivity (Wildman–Crippen MR) is 130 cm³/mol. The number of hydrogen-bond donors (Lipinski definition) is 0. The third-order valence-corrected chi connectivity index (χ3v) is 12.0. The minimum absolute atomic E-state index is 0.409. The number of allylic oxidation sites excluding steroid dienone is 4. The van der Waals surface area contributed by atoms with Crippen LogP contribution in [0.3, 0.4) is 0 Å². The van der Waals surface area contributed by atoms with E-state index in [0.29, 0.717) is 58.9 Å². The molecule has 5 unspecified atom stereocenters. The summed E-state index contributed by atoms with van der Waals surface area (Å²) in [6.45, 7) is 16.6. The third kappa shape index (κ3) is 2.56. The van der Waals surface area contributed by atoms with Crippen molar-refractivity contribution in [3.05, 3.63) is 48.6 Å². The zero-order valence-corrected chi connectivity index (χ0v) is 19.9. The lowest BCUT2D eigenvalue weighted by atomic mass is 9.59. The van der Waals surface area contributed by atoms with Gasteiger partial charge in [-0.15, -0.1) is 0 Å². The van der Waals surface area contributed by atoms with Gasteiger partial charge in [-0.25, -0.2) is 0 Å². The number of hydrogen-bond acceptors (Lipinski definition) is 2. The van der Waals surface area contributed by atoms with E-state index >= 15 is 0 Å². The summed E-state index contributed by atoms with van der Waals surface area (Å²) >= 11 is 0. The van der Waals surface area contributed by atoms with E-state index in [0.717, 1.165) is 49.4 Å². The number of rotatable bonds is 0. The molecule has 0 aromatic heterocycles. The number of carbonyl (C=O) groups excluding carboxylic acids is 2. The average Bonchev–Trinajstić information content (AvgIpc) is 3.12. The fraction of sp³-hybridized carbons (Fsp3) is 0.677. The first kappa shape index (κ1) is 20.7. The van der Waals surface area contributed by atoms with Gasteiger partial charge in [0.25, 0.3) is 0 Å². The second-order valence-electron chi connectivity index (χ2n) is 12.9. The van der Waals surface area contributed by atoms with Crippen LogP contribution in [0.25, 0.3) is 0 Å². The Morgan fingerprint density at radius 3 is 1.24 bits per heavy atom. The van der Waals surface area contributed by atoms with Crippen molar-refractivity contribution in [1.29, 1.82) is 0 Å². The average molecular weight is 443 g/mol. The van der Waals surface area contributed by atoms with Crippen molar-refractivity contribution in [3.63, 3.8) is 0 Å².